The first-order valence-electron chi connectivity index (χ1n) is 15.9. The highest BCUT2D eigenvalue weighted by molar-refractivity contribution is 7.14. The quantitative estimate of drug-likeness (QED) is 0.0904. The monoisotopic (exact) mass is 716 g/mol. The number of carbonyl (C=O) groups is 5. The van der Waals surface area contributed by atoms with E-state index < -0.39 is 65.0 Å². The zero-order chi connectivity index (χ0) is 36.9. The van der Waals surface area contributed by atoms with Crippen LogP contribution in [0.3, 0.4) is 0 Å². The summed E-state index contributed by atoms with van der Waals surface area (Å²) < 4.78 is 21.8. The number of cyclic esters (lactones) is 1. The molecule has 272 valence electrons. The maximum atomic E-state index is 13.7. The summed E-state index contributed by atoms with van der Waals surface area (Å²) in [5.41, 5.74) is -2.62. The van der Waals surface area contributed by atoms with Gasteiger partial charge >= 0.3 is 18.2 Å². The number of β-lactam (4-membered cyclic amide) rings is 1. The Bertz CT molecular complexity index is 1600. The standard InChI is InChI=1S/C33H44N6O10S/c1-31(2,3)47-27(42)33(7,8)49-38-24(22-18-50-28(35-22)37-29(43)48-32(4,5)6)26(41)36-23-21(34-25(23)40)15-39-14-20(46-30(39)44)17-45-16-19-12-10-9-11-13-19/h9-13,18,20-21,23H,14-17H2,1-8H3,(H,34,40)(H,36,41)(H,35,37,43)/t20?,21-,23+/m1/s1. The lowest BCUT2D eigenvalue weighted by molar-refractivity contribution is -0.179. The number of rotatable bonds is 13. The van der Waals surface area contributed by atoms with Gasteiger partial charge in [0.05, 0.1) is 25.8 Å². The van der Waals surface area contributed by atoms with Crippen molar-refractivity contribution in [2.45, 2.75) is 97.0 Å². The number of nitrogens with one attached hydrogen (secondary N) is 3. The molecule has 0 spiro atoms. The van der Waals surface area contributed by atoms with E-state index in [-0.39, 0.29) is 36.2 Å². The van der Waals surface area contributed by atoms with Crippen LogP contribution in [0.4, 0.5) is 14.7 Å². The van der Waals surface area contributed by atoms with Gasteiger partial charge in [-0.3, -0.25) is 14.9 Å². The molecule has 1 aromatic heterocycles. The number of oxime groups is 1. The second-order valence-corrected chi connectivity index (χ2v) is 15.0. The molecule has 16 nitrogen and oxygen atoms in total. The maximum absolute atomic E-state index is 13.7. The number of esters is 1. The Labute approximate surface area is 294 Å². The molecule has 4 amide bonds. The van der Waals surface area contributed by atoms with Crippen molar-refractivity contribution in [3.63, 3.8) is 0 Å². The number of amides is 4. The minimum Gasteiger partial charge on any atom is -0.457 e. The van der Waals surface area contributed by atoms with Crippen LogP contribution in [-0.2, 0) is 44.8 Å². The zero-order valence-corrected chi connectivity index (χ0v) is 30.2. The van der Waals surface area contributed by atoms with E-state index in [0.29, 0.717) is 6.61 Å². The number of ether oxygens (including phenoxy) is 4. The van der Waals surface area contributed by atoms with Crippen molar-refractivity contribution < 1.29 is 47.8 Å². The molecule has 2 aromatic rings. The van der Waals surface area contributed by atoms with Gasteiger partial charge < -0.3 is 39.3 Å². The first-order valence-corrected chi connectivity index (χ1v) is 16.8. The van der Waals surface area contributed by atoms with E-state index in [9.17, 15) is 24.0 Å². The molecule has 3 heterocycles. The SMILES string of the molecule is CC(C)(C)OC(=O)Nc1nc(C(=NOC(C)(C)C(=O)OC(C)(C)C)C(=O)N[C@@H]2C(=O)N[C@@H]2CN2CC(COCc3ccccc3)OC2=O)cs1. The van der Waals surface area contributed by atoms with Crippen molar-refractivity contribution in [1.82, 2.24) is 20.5 Å². The molecular weight excluding hydrogens is 672 g/mol. The van der Waals surface area contributed by atoms with Gasteiger partial charge in [0.25, 0.3) is 5.91 Å². The van der Waals surface area contributed by atoms with Crippen molar-refractivity contribution in [1.29, 1.82) is 0 Å². The van der Waals surface area contributed by atoms with Crippen LogP contribution in [0.15, 0.2) is 40.9 Å². The van der Waals surface area contributed by atoms with Gasteiger partial charge in [0.15, 0.2) is 10.8 Å². The van der Waals surface area contributed by atoms with Gasteiger partial charge in [-0.15, -0.1) is 11.3 Å². The number of hydrogen-bond donors (Lipinski definition) is 3. The smallest absolute Gasteiger partial charge is 0.413 e. The summed E-state index contributed by atoms with van der Waals surface area (Å²) in [6.45, 7) is 13.9. The van der Waals surface area contributed by atoms with Gasteiger partial charge in [0.2, 0.25) is 11.5 Å². The van der Waals surface area contributed by atoms with Crippen molar-refractivity contribution in [2.24, 2.45) is 5.16 Å². The molecule has 50 heavy (non-hydrogen) atoms. The minimum absolute atomic E-state index is 0.0173. The van der Waals surface area contributed by atoms with Crippen molar-refractivity contribution in [3.05, 3.63) is 47.0 Å². The number of hydrogen-bond acceptors (Lipinski definition) is 13. The van der Waals surface area contributed by atoms with Gasteiger partial charge in [-0.25, -0.2) is 19.4 Å². The third-order valence-corrected chi connectivity index (χ3v) is 7.66. The third-order valence-electron chi connectivity index (χ3n) is 6.91. The number of thiazole rings is 1. The highest BCUT2D eigenvalue weighted by Crippen LogP contribution is 2.22. The number of anilines is 1. The van der Waals surface area contributed by atoms with E-state index in [4.69, 9.17) is 23.8 Å². The van der Waals surface area contributed by atoms with E-state index in [0.717, 1.165) is 16.9 Å². The first kappa shape index (κ1) is 38.0. The Morgan fingerprint density at radius 3 is 2.36 bits per heavy atom. The normalized spacial score (nSPS) is 19.6. The molecule has 2 aliphatic heterocycles. The van der Waals surface area contributed by atoms with Gasteiger partial charge in [-0.2, -0.15) is 0 Å². The summed E-state index contributed by atoms with van der Waals surface area (Å²) in [6.07, 6.45) is -1.84. The fourth-order valence-corrected chi connectivity index (χ4v) is 5.21. The summed E-state index contributed by atoms with van der Waals surface area (Å²) in [5, 5.41) is 13.3. The van der Waals surface area contributed by atoms with Crippen LogP contribution in [0.25, 0.3) is 0 Å². The molecular formula is C33H44N6O10S. The predicted molar refractivity (Wildman–Crippen MR) is 181 cm³/mol. The molecule has 3 N–H and O–H groups in total. The lowest BCUT2D eigenvalue weighted by Crippen LogP contribution is -2.72. The topological polar surface area (TPSA) is 196 Å². The van der Waals surface area contributed by atoms with Crippen LogP contribution in [0.5, 0.6) is 0 Å². The number of aromatic nitrogens is 1. The number of carbonyl (C=O) groups excluding carboxylic acids is 5. The fourth-order valence-electron chi connectivity index (χ4n) is 4.53. The first-order chi connectivity index (χ1) is 23.3. The lowest BCUT2D eigenvalue weighted by atomic mass is 9.98. The number of nitrogens with zero attached hydrogens (tertiary/aromatic N) is 3. The molecule has 3 atom stereocenters. The minimum atomic E-state index is -1.62. The average Bonchev–Trinajstić information content (AvgIpc) is 3.60. The Hall–Kier alpha value is -4.77. The lowest BCUT2D eigenvalue weighted by Gasteiger charge is -2.38. The van der Waals surface area contributed by atoms with Crippen LogP contribution in [-0.4, -0.2) is 100 Å². The van der Waals surface area contributed by atoms with Gasteiger partial charge in [-0.05, 0) is 61.0 Å². The maximum Gasteiger partial charge on any atom is 0.413 e. The fraction of sp³-hybridized carbons (Fsp3) is 0.545. The number of benzene rings is 1. The molecule has 2 fully saturated rings. The van der Waals surface area contributed by atoms with E-state index in [1.54, 1.807) is 41.5 Å². The molecule has 4 rings (SSSR count). The molecule has 0 saturated carbocycles. The van der Waals surface area contributed by atoms with Crippen molar-refractivity contribution in [3.8, 4) is 0 Å². The highest BCUT2D eigenvalue weighted by Gasteiger charge is 2.45. The average molecular weight is 717 g/mol. The van der Waals surface area contributed by atoms with E-state index >= 15 is 0 Å². The molecule has 2 aliphatic rings. The van der Waals surface area contributed by atoms with Crippen LogP contribution >= 0.6 is 11.3 Å². The molecule has 2 saturated heterocycles. The summed E-state index contributed by atoms with van der Waals surface area (Å²) in [6, 6.07) is 7.88. The largest absolute Gasteiger partial charge is 0.457 e. The van der Waals surface area contributed by atoms with E-state index in [1.165, 1.54) is 24.1 Å². The van der Waals surface area contributed by atoms with Crippen molar-refractivity contribution >= 4 is 52.2 Å². The van der Waals surface area contributed by atoms with Crippen LogP contribution in [0, 0.1) is 0 Å². The Kier molecular flexibility index (Phi) is 11.7. The molecule has 1 unspecified atom stereocenters. The third kappa shape index (κ3) is 10.9. The second kappa shape index (κ2) is 15.4. The van der Waals surface area contributed by atoms with Crippen molar-refractivity contribution in [2.75, 3.05) is 25.0 Å². The Morgan fingerprint density at radius 2 is 1.72 bits per heavy atom. The summed E-state index contributed by atoms with van der Waals surface area (Å²) >= 11 is 0.984. The summed E-state index contributed by atoms with van der Waals surface area (Å²) in [4.78, 5) is 75.2. The molecule has 1 aromatic carbocycles. The second-order valence-electron chi connectivity index (χ2n) is 14.2. The molecule has 0 radical (unpaired) electrons. The molecule has 0 bridgehead atoms. The zero-order valence-electron chi connectivity index (χ0n) is 29.4. The van der Waals surface area contributed by atoms with Gasteiger partial charge in [0.1, 0.15) is 29.0 Å². The van der Waals surface area contributed by atoms with Crippen LogP contribution < -0.4 is 16.0 Å². The Morgan fingerprint density at radius 1 is 1.04 bits per heavy atom. The van der Waals surface area contributed by atoms with E-state index in [1.807, 2.05) is 30.3 Å². The van der Waals surface area contributed by atoms with E-state index in [2.05, 4.69) is 26.1 Å². The molecule has 17 heteroatoms. The van der Waals surface area contributed by atoms with Crippen LogP contribution in [0.2, 0.25) is 0 Å². The summed E-state index contributed by atoms with van der Waals surface area (Å²) in [7, 11) is 0. The highest BCUT2D eigenvalue weighted by atomic mass is 32.1. The Balaban J connectivity index is 1.44. The summed E-state index contributed by atoms with van der Waals surface area (Å²) in [5.74, 6) is -2.09. The van der Waals surface area contributed by atoms with Gasteiger partial charge in [-0.1, -0.05) is 35.5 Å². The predicted octanol–water partition coefficient (Wildman–Crippen LogP) is 3.35. The van der Waals surface area contributed by atoms with Gasteiger partial charge in [0, 0.05) is 11.9 Å². The van der Waals surface area contributed by atoms with Crippen LogP contribution in [0.1, 0.15) is 66.6 Å². The molecule has 0 aliphatic carbocycles.